The van der Waals surface area contributed by atoms with Crippen molar-refractivity contribution in [2.45, 2.75) is 0 Å². The summed E-state index contributed by atoms with van der Waals surface area (Å²) in [5.41, 5.74) is 11.9. The summed E-state index contributed by atoms with van der Waals surface area (Å²) in [6.07, 6.45) is 0. The van der Waals surface area contributed by atoms with Gasteiger partial charge >= 0.3 is 0 Å². The molecule has 12 aromatic rings. The van der Waals surface area contributed by atoms with E-state index in [1.54, 1.807) is 0 Å². The van der Waals surface area contributed by atoms with E-state index in [0.717, 1.165) is 55.4 Å². The van der Waals surface area contributed by atoms with Crippen molar-refractivity contribution in [1.82, 2.24) is 24.1 Å². The van der Waals surface area contributed by atoms with E-state index in [9.17, 15) is 0 Å². The molecule has 0 aliphatic heterocycles. The normalized spacial score (nSPS) is 11.7. The lowest BCUT2D eigenvalue weighted by atomic mass is 10.0. The molecule has 60 heavy (non-hydrogen) atoms. The van der Waals surface area contributed by atoms with Crippen LogP contribution in [-0.2, 0) is 0 Å². The number of aromatic nitrogens is 5. The molecule has 0 atom stereocenters. The van der Waals surface area contributed by atoms with Gasteiger partial charge in [-0.1, -0.05) is 164 Å². The molecule has 0 aliphatic carbocycles. The second-order valence-corrected chi connectivity index (χ2v) is 15.2. The van der Waals surface area contributed by atoms with Crippen molar-refractivity contribution < 1.29 is 0 Å². The first kappa shape index (κ1) is 33.9. The van der Waals surface area contributed by atoms with Crippen LogP contribution in [0.3, 0.4) is 0 Å². The molecule has 0 radical (unpaired) electrons. The topological polar surface area (TPSA) is 48.5 Å². The first-order valence-electron chi connectivity index (χ1n) is 20.3. The zero-order valence-corrected chi connectivity index (χ0v) is 32.4. The SMILES string of the molecule is c1ccc(-c2ccc(-c3nc(-c4ccccc4)nc(-c4cc(-n5c6ccccc6c6c7c8ccccc8n(-c8ccccc8)c7ccc65)c5ccccc5c4)n3)cc2)cc1. The maximum atomic E-state index is 5.23. The van der Waals surface area contributed by atoms with Crippen LogP contribution in [0, 0.1) is 0 Å². The second-order valence-electron chi connectivity index (χ2n) is 15.2. The third-order valence-corrected chi connectivity index (χ3v) is 11.7. The van der Waals surface area contributed by atoms with Gasteiger partial charge in [0.25, 0.3) is 0 Å². The van der Waals surface area contributed by atoms with E-state index < -0.39 is 0 Å². The number of benzene rings is 9. The van der Waals surface area contributed by atoms with Crippen molar-refractivity contribution in [3.8, 4) is 56.7 Å². The molecule has 0 aliphatic rings. The monoisotopic (exact) mass is 765 g/mol. The summed E-state index contributed by atoms with van der Waals surface area (Å²) in [5.74, 6) is 1.88. The highest BCUT2D eigenvalue weighted by Crippen LogP contribution is 2.43. The Balaban J connectivity index is 1.11. The Labute approximate surface area is 346 Å². The van der Waals surface area contributed by atoms with Crippen LogP contribution >= 0.6 is 0 Å². The van der Waals surface area contributed by atoms with E-state index in [1.807, 2.05) is 24.3 Å². The Bertz CT molecular complexity index is 3570. The molecule has 9 aromatic carbocycles. The number of hydrogen-bond acceptors (Lipinski definition) is 3. The summed E-state index contributed by atoms with van der Waals surface area (Å²) in [4.78, 5) is 15.5. The van der Waals surface area contributed by atoms with Gasteiger partial charge in [0, 0.05) is 49.3 Å². The minimum atomic E-state index is 0.618. The van der Waals surface area contributed by atoms with Crippen molar-refractivity contribution in [1.29, 1.82) is 0 Å². The van der Waals surface area contributed by atoms with E-state index in [-0.39, 0.29) is 0 Å². The molecule has 0 spiro atoms. The Morgan fingerprint density at radius 3 is 1.35 bits per heavy atom. The van der Waals surface area contributed by atoms with Crippen LogP contribution in [0.5, 0.6) is 0 Å². The molecule has 0 amide bonds. The summed E-state index contributed by atoms with van der Waals surface area (Å²) in [6, 6.07) is 75.0. The van der Waals surface area contributed by atoms with Gasteiger partial charge in [0.15, 0.2) is 17.5 Å². The average Bonchev–Trinajstić information content (AvgIpc) is 3.85. The number of hydrogen-bond donors (Lipinski definition) is 0. The van der Waals surface area contributed by atoms with Crippen LogP contribution in [-0.4, -0.2) is 24.1 Å². The molecule has 12 rings (SSSR count). The van der Waals surface area contributed by atoms with Crippen LogP contribution < -0.4 is 0 Å². The largest absolute Gasteiger partial charge is 0.309 e. The quantitative estimate of drug-likeness (QED) is 0.169. The van der Waals surface area contributed by atoms with Gasteiger partial charge in [-0.25, -0.2) is 15.0 Å². The lowest BCUT2D eigenvalue weighted by molar-refractivity contribution is 1.07. The maximum Gasteiger partial charge on any atom is 0.164 e. The summed E-state index contributed by atoms with van der Waals surface area (Å²) >= 11 is 0. The van der Waals surface area contributed by atoms with Crippen molar-refractivity contribution in [2.24, 2.45) is 0 Å². The predicted octanol–water partition coefficient (Wildman–Crippen LogP) is 13.9. The van der Waals surface area contributed by atoms with Gasteiger partial charge in [0.1, 0.15) is 0 Å². The number of nitrogens with zero attached hydrogens (tertiary/aromatic N) is 5. The highest BCUT2D eigenvalue weighted by atomic mass is 15.0. The molecule has 0 fully saturated rings. The van der Waals surface area contributed by atoms with Gasteiger partial charge in [-0.15, -0.1) is 0 Å². The van der Waals surface area contributed by atoms with Crippen molar-refractivity contribution >= 4 is 54.4 Å². The first-order chi connectivity index (χ1) is 29.8. The second kappa shape index (κ2) is 13.8. The number of rotatable bonds is 6. The van der Waals surface area contributed by atoms with Crippen molar-refractivity contribution in [3.63, 3.8) is 0 Å². The zero-order chi connectivity index (χ0) is 39.6. The molecule has 0 saturated carbocycles. The maximum absolute atomic E-state index is 5.23. The van der Waals surface area contributed by atoms with E-state index in [4.69, 9.17) is 15.0 Å². The Hall–Kier alpha value is -8.15. The van der Waals surface area contributed by atoms with Crippen LogP contribution in [0.4, 0.5) is 0 Å². The molecule has 280 valence electrons. The smallest absolute Gasteiger partial charge is 0.164 e. The molecule has 5 heteroatoms. The lowest BCUT2D eigenvalue weighted by Crippen LogP contribution is -2.02. The highest BCUT2D eigenvalue weighted by molar-refractivity contribution is 6.29. The van der Waals surface area contributed by atoms with Gasteiger partial charge in [-0.2, -0.15) is 0 Å². The minimum Gasteiger partial charge on any atom is -0.309 e. The Morgan fingerprint density at radius 1 is 0.283 bits per heavy atom. The third-order valence-electron chi connectivity index (χ3n) is 11.7. The molecular formula is C55H35N5. The summed E-state index contributed by atoms with van der Waals surface area (Å²) in [6.45, 7) is 0. The predicted molar refractivity (Wildman–Crippen MR) is 248 cm³/mol. The zero-order valence-electron chi connectivity index (χ0n) is 32.4. The molecule has 3 heterocycles. The minimum absolute atomic E-state index is 0.618. The third kappa shape index (κ3) is 5.44. The van der Waals surface area contributed by atoms with Gasteiger partial charge in [0.05, 0.1) is 27.8 Å². The van der Waals surface area contributed by atoms with Crippen LogP contribution in [0.2, 0.25) is 0 Å². The summed E-state index contributed by atoms with van der Waals surface area (Å²) in [7, 11) is 0. The molecule has 0 bridgehead atoms. The molecule has 3 aromatic heterocycles. The standard InChI is InChI=1S/C55H35N5/c1-4-16-36(17-5-1)37-28-30-39(31-29-37)54-56-53(38-18-6-2-7-19-38)57-55(58-54)41-34-40-20-10-11-23-43(40)50(35-41)60-47-27-15-13-25-45(47)52-49(60)33-32-48-51(52)44-24-12-14-26-46(44)59(48)42-21-8-3-9-22-42/h1-35H. The van der Waals surface area contributed by atoms with Crippen LogP contribution in [0.25, 0.3) is 111 Å². The molecule has 0 N–H and O–H groups in total. The number of fused-ring (bicyclic) bond motifs is 8. The summed E-state index contributed by atoms with van der Waals surface area (Å²) < 4.78 is 4.83. The molecular weight excluding hydrogens is 731 g/mol. The Kier molecular flexibility index (Phi) is 7.78. The average molecular weight is 766 g/mol. The van der Waals surface area contributed by atoms with E-state index in [0.29, 0.717) is 17.5 Å². The Morgan fingerprint density at radius 2 is 0.717 bits per heavy atom. The van der Waals surface area contributed by atoms with E-state index in [1.165, 1.54) is 38.1 Å². The van der Waals surface area contributed by atoms with Gasteiger partial charge in [-0.05, 0) is 65.0 Å². The van der Waals surface area contributed by atoms with Gasteiger partial charge < -0.3 is 9.13 Å². The van der Waals surface area contributed by atoms with E-state index in [2.05, 4.69) is 197 Å². The highest BCUT2D eigenvalue weighted by Gasteiger charge is 2.22. The molecule has 0 saturated heterocycles. The van der Waals surface area contributed by atoms with Crippen LogP contribution in [0.1, 0.15) is 0 Å². The van der Waals surface area contributed by atoms with Gasteiger partial charge in [-0.3, -0.25) is 0 Å². The fourth-order valence-corrected chi connectivity index (χ4v) is 9.03. The van der Waals surface area contributed by atoms with Crippen LogP contribution in [0.15, 0.2) is 212 Å². The number of para-hydroxylation sites is 3. The molecule has 0 unspecified atom stereocenters. The fraction of sp³-hybridized carbons (Fsp3) is 0. The molecule has 5 nitrogen and oxygen atoms in total. The fourth-order valence-electron chi connectivity index (χ4n) is 9.03. The first-order valence-corrected chi connectivity index (χ1v) is 20.3. The van der Waals surface area contributed by atoms with Crippen molar-refractivity contribution in [2.75, 3.05) is 0 Å². The lowest BCUT2D eigenvalue weighted by Gasteiger charge is -2.15. The van der Waals surface area contributed by atoms with E-state index >= 15 is 0 Å². The van der Waals surface area contributed by atoms with Crippen molar-refractivity contribution in [3.05, 3.63) is 212 Å². The summed E-state index contributed by atoms with van der Waals surface area (Å²) in [5, 5.41) is 7.16. The van der Waals surface area contributed by atoms with Gasteiger partial charge in [0.2, 0.25) is 0 Å².